The molecular weight excluding hydrogens is 444 g/mol. The van der Waals surface area contributed by atoms with Crippen LogP contribution in [0.4, 0.5) is 22.7 Å². The van der Waals surface area contributed by atoms with Gasteiger partial charge in [-0.25, -0.2) is 0 Å². The molecule has 2 aromatic rings. The van der Waals surface area contributed by atoms with E-state index in [1.165, 1.54) is 18.2 Å². The van der Waals surface area contributed by atoms with Crippen molar-refractivity contribution >= 4 is 40.3 Å². The Balaban J connectivity index is 1.91. The zero-order valence-corrected chi connectivity index (χ0v) is 20.1. The molecule has 33 heavy (non-hydrogen) atoms. The fraction of sp³-hybridized carbons (Fsp3) is 0.435. The number of carbonyl (C=O) groups excluding carboxylic acids is 1. The minimum absolute atomic E-state index is 0.00651. The van der Waals surface area contributed by atoms with Gasteiger partial charge in [0.15, 0.2) is 0 Å². The third kappa shape index (κ3) is 8.43. The molecule has 0 fully saturated rings. The predicted molar refractivity (Wildman–Crippen MR) is 132 cm³/mol. The number of hydrogen-bond donors (Lipinski definition) is 1. The van der Waals surface area contributed by atoms with Gasteiger partial charge in [0, 0.05) is 30.9 Å². The minimum atomic E-state index is -0.516. The number of carbonyl (C=O) groups is 1. The number of rotatable bonds is 13. The molecule has 0 atom stereocenters. The van der Waals surface area contributed by atoms with Crippen molar-refractivity contribution < 1.29 is 9.72 Å². The molecule has 0 aliphatic rings. The smallest absolute Gasteiger partial charge is 0.271 e. The van der Waals surface area contributed by atoms with Gasteiger partial charge < -0.3 is 15.1 Å². The van der Waals surface area contributed by atoms with E-state index in [4.69, 9.17) is 11.6 Å². The van der Waals surface area contributed by atoms with Crippen LogP contribution in [0.1, 0.15) is 27.2 Å². The van der Waals surface area contributed by atoms with Gasteiger partial charge in [0.05, 0.1) is 22.2 Å². The summed E-state index contributed by atoms with van der Waals surface area (Å²) in [6.45, 7) is 10.9. The third-order valence-corrected chi connectivity index (χ3v) is 5.52. The van der Waals surface area contributed by atoms with Crippen LogP contribution in [0.25, 0.3) is 0 Å². The average Bonchev–Trinajstić information content (AvgIpc) is 2.82. The molecule has 2 rings (SSSR count). The maximum Gasteiger partial charge on any atom is 0.271 e. The first-order valence-electron chi connectivity index (χ1n) is 11.1. The Hall–Kier alpha value is -3.04. The number of nitrogens with zero attached hydrogens (tertiary/aromatic N) is 5. The molecule has 0 heterocycles. The zero-order valence-electron chi connectivity index (χ0n) is 19.3. The van der Waals surface area contributed by atoms with Gasteiger partial charge in [0.2, 0.25) is 5.91 Å². The van der Waals surface area contributed by atoms with E-state index >= 15 is 0 Å². The number of halogens is 1. The van der Waals surface area contributed by atoms with Gasteiger partial charge in [-0.15, -0.1) is 5.11 Å². The summed E-state index contributed by atoms with van der Waals surface area (Å²) in [7, 11) is 0. The van der Waals surface area contributed by atoms with Crippen LogP contribution >= 0.6 is 11.6 Å². The molecule has 1 N–H and O–H groups in total. The first-order chi connectivity index (χ1) is 15.9. The van der Waals surface area contributed by atoms with Gasteiger partial charge in [-0.3, -0.25) is 14.9 Å². The molecule has 1 amide bonds. The number of nitrogens with one attached hydrogen (secondary N) is 1. The zero-order chi connectivity index (χ0) is 24.2. The van der Waals surface area contributed by atoms with E-state index in [2.05, 4.69) is 34.3 Å². The number of nitro benzene ring substituents is 1. The number of benzene rings is 2. The van der Waals surface area contributed by atoms with Gasteiger partial charge >= 0.3 is 0 Å². The predicted octanol–water partition coefficient (Wildman–Crippen LogP) is 5.34. The highest BCUT2D eigenvalue weighted by atomic mass is 35.5. The van der Waals surface area contributed by atoms with E-state index in [9.17, 15) is 14.9 Å². The summed E-state index contributed by atoms with van der Waals surface area (Å²) in [5, 5.41) is 22.2. The molecule has 0 saturated heterocycles. The molecule has 0 aliphatic heterocycles. The minimum Gasteiger partial charge on any atom is -0.362 e. The number of non-ortho nitro benzene ring substituents is 1. The molecule has 10 heteroatoms. The van der Waals surface area contributed by atoms with Gasteiger partial charge in [-0.2, -0.15) is 5.11 Å². The summed E-state index contributed by atoms with van der Waals surface area (Å²) in [6.07, 6.45) is 0.929. The van der Waals surface area contributed by atoms with Crippen LogP contribution in [0.5, 0.6) is 0 Å². The van der Waals surface area contributed by atoms with Gasteiger partial charge in [-0.05, 0) is 63.3 Å². The normalized spacial score (nSPS) is 11.2. The summed E-state index contributed by atoms with van der Waals surface area (Å²) in [5.74, 6) is -0.00651. The van der Waals surface area contributed by atoms with E-state index in [0.29, 0.717) is 24.5 Å². The average molecular weight is 475 g/mol. The number of azo groups is 1. The van der Waals surface area contributed by atoms with Crippen molar-refractivity contribution in [3.8, 4) is 0 Å². The van der Waals surface area contributed by atoms with E-state index in [0.717, 1.165) is 31.7 Å². The molecule has 0 spiro atoms. The highest BCUT2D eigenvalue weighted by molar-refractivity contribution is 6.33. The van der Waals surface area contributed by atoms with E-state index in [1.54, 1.807) is 12.1 Å². The van der Waals surface area contributed by atoms with E-state index in [-0.39, 0.29) is 23.2 Å². The number of likely N-dealkylation sites (N-methyl/N-ethyl adjacent to an activating group) is 1. The molecule has 9 nitrogen and oxygen atoms in total. The summed E-state index contributed by atoms with van der Waals surface area (Å²) < 4.78 is 0. The quantitative estimate of drug-likeness (QED) is 0.183. The second kappa shape index (κ2) is 13.5. The van der Waals surface area contributed by atoms with Gasteiger partial charge in [-0.1, -0.05) is 25.4 Å². The largest absolute Gasteiger partial charge is 0.362 e. The Bertz CT molecular complexity index is 948. The molecule has 0 radical (unpaired) electrons. The lowest BCUT2D eigenvalue weighted by atomic mass is 10.2. The summed E-state index contributed by atoms with van der Waals surface area (Å²) in [4.78, 5) is 26.9. The van der Waals surface area contributed by atoms with Crippen LogP contribution in [-0.4, -0.2) is 55.0 Å². The number of anilines is 1. The maximum atomic E-state index is 12.3. The van der Waals surface area contributed by atoms with Crippen LogP contribution < -0.4 is 10.2 Å². The maximum absolute atomic E-state index is 12.3. The van der Waals surface area contributed by atoms with Gasteiger partial charge in [0.25, 0.3) is 5.69 Å². The first kappa shape index (κ1) is 26.2. The third-order valence-electron chi connectivity index (χ3n) is 5.21. The summed E-state index contributed by atoms with van der Waals surface area (Å²) in [5.41, 5.74) is 1.75. The van der Waals surface area contributed by atoms with Gasteiger partial charge in [0.1, 0.15) is 5.69 Å². The fourth-order valence-corrected chi connectivity index (χ4v) is 3.43. The Morgan fingerprint density at radius 1 is 1.06 bits per heavy atom. The van der Waals surface area contributed by atoms with Crippen LogP contribution in [0.2, 0.25) is 5.02 Å². The molecule has 0 aromatic heterocycles. The molecule has 0 bridgehead atoms. The Morgan fingerprint density at radius 3 is 2.33 bits per heavy atom. The lowest BCUT2D eigenvalue weighted by Gasteiger charge is -2.23. The van der Waals surface area contributed by atoms with E-state index in [1.807, 2.05) is 24.0 Å². The van der Waals surface area contributed by atoms with Crippen molar-refractivity contribution in [1.82, 2.24) is 10.2 Å². The molecule has 178 valence electrons. The number of nitro groups is 1. The molecule has 0 aliphatic carbocycles. The topological polar surface area (TPSA) is 103 Å². The van der Waals surface area contributed by atoms with Crippen molar-refractivity contribution in [2.45, 2.75) is 27.2 Å². The molecule has 0 unspecified atom stereocenters. The van der Waals surface area contributed by atoms with Crippen molar-refractivity contribution in [3.63, 3.8) is 0 Å². The SMILES string of the molecule is CCN(CC)CCCNC(=O)CN(CC)c1ccc(N=Nc2ccc([N+](=O)[O-])cc2Cl)cc1. The number of amides is 1. The van der Waals surface area contributed by atoms with Crippen molar-refractivity contribution in [2.24, 2.45) is 10.2 Å². The van der Waals surface area contributed by atoms with Crippen LogP contribution in [-0.2, 0) is 4.79 Å². The van der Waals surface area contributed by atoms with Crippen LogP contribution in [0, 0.1) is 10.1 Å². The van der Waals surface area contributed by atoms with Crippen molar-refractivity contribution in [1.29, 1.82) is 0 Å². The summed E-state index contributed by atoms with van der Waals surface area (Å²) >= 11 is 6.04. The monoisotopic (exact) mass is 474 g/mol. The summed E-state index contributed by atoms with van der Waals surface area (Å²) in [6, 6.07) is 11.4. The Morgan fingerprint density at radius 2 is 1.76 bits per heavy atom. The lowest BCUT2D eigenvalue weighted by Crippen LogP contribution is -2.38. The molecule has 0 saturated carbocycles. The second-order valence-corrected chi connectivity index (χ2v) is 7.76. The first-order valence-corrected chi connectivity index (χ1v) is 11.4. The molecule has 2 aromatic carbocycles. The highest BCUT2D eigenvalue weighted by Gasteiger charge is 2.11. The number of hydrogen-bond acceptors (Lipinski definition) is 7. The lowest BCUT2D eigenvalue weighted by molar-refractivity contribution is -0.384. The van der Waals surface area contributed by atoms with Crippen LogP contribution in [0.15, 0.2) is 52.7 Å². The highest BCUT2D eigenvalue weighted by Crippen LogP contribution is 2.30. The standard InChI is InChI=1S/C23H31ClN6O3/c1-4-28(5-2)15-7-14-25-23(31)17-29(6-3)19-10-8-18(9-11-19)26-27-22-13-12-20(30(32)33)16-21(22)24/h8-13,16H,4-7,14-15,17H2,1-3H3,(H,25,31). The second-order valence-electron chi connectivity index (χ2n) is 7.35. The van der Waals surface area contributed by atoms with Crippen molar-refractivity contribution in [2.75, 3.05) is 44.2 Å². The fourth-order valence-electron chi connectivity index (χ4n) is 3.22. The Kier molecular flexibility index (Phi) is 10.7. The Labute approximate surface area is 199 Å². The van der Waals surface area contributed by atoms with E-state index < -0.39 is 4.92 Å². The molecular formula is C23H31ClN6O3. The van der Waals surface area contributed by atoms with Crippen LogP contribution in [0.3, 0.4) is 0 Å². The van der Waals surface area contributed by atoms with Crippen molar-refractivity contribution in [3.05, 3.63) is 57.6 Å².